The predicted molar refractivity (Wildman–Crippen MR) is 107 cm³/mol. The number of aromatic nitrogens is 1. The molecule has 1 aliphatic heterocycles. The van der Waals surface area contributed by atoms with E-state index >= 15 is 0 Å². The highest BCUT2D eigenvalue weighted by Crippen LogP contribution is 2.30. The van der Waals surface area contributed by atoms with Crippen molar-refractivity contribution in [3.05, 3.63) is 46.8 Å². The highest BCUT2D eigenvalue weighted by molar-refractivity contribution is 7.92. The summed E-state index contributed by atoms with van der Waals surface area (Å²) < 4.78 is 30.7. The van der Waals surface area contributed by atoms with Crippen LogP contribution in [0.1, 0.15) is 51.9 Å². The Kier molecular flexibility index (Phi) is 5.34. The summed E-state index contributed by atoms with van der Waals surface area (Å²) in [6, 6.07) is 6.32. The Morgan fingerprint density at radius 1 is 1.07 bits per heavy atom. The van der Waals surface area contributed by atoms with E-state index in [0.717, 1.165) is 12.8 Å². The van der Waals surface area contributed by atoms with Gasteiger partial charge in [0.15, 0.2) is 5.78 Å². The molecule has 0 radical (unpaired) electrons. The fraction of sp³-hybridized carbons (Fsp3) is 0.400. The number of sulfonamides is 1. The largest absolute Gasteiger partial charge is 0.350 e. The van der Waals surface area contributed by atoms with Gasteiger partial charge in [-0.3, -0.25) is 14.3 Å². The van der Waals surface area contributed by atoms with Gasteiger partial charge in [0.25, 0.3) is 15.9 Å². The van der Waals surface area contributed by atoms with Crippen LogP contribution in [0.5, 0.6) is 0 Å². The Morgan fingerprint density at radius 2 is 1.71 bits per heavy atom. The van der Waals surface area contributed by atoms with Gasteiger partial charge in [0.2, 0.25) is 0 Å². The molecule has 1 amide bonds. The molecule has 3 rings (SSSR count). The van der Waals surface area contributed by atoms with Crippen molar-refractivity contribution in [3.8, 4) is 0 Å². The van der Waals surface area contributed by atoms with E-state index in [-0.39, 0.29) is 27.8 Å². The maximum atomic E-state index is 13.2. The SMILES string of the molecule is CC(=O)c1cccc(NS(=O)(=O)c2c(C(=O)N3CCCC3)c(C)n(C)c2C)c1. The first-order valence-corrected chi connectivity index (χ1v) is 10.7. The Hall–Kier alpha value is -2.61. The Labute approximate surface area is 165 Å². The van der Waals surface area contributed by atoms with Crippen molar-refractivity contribution < 1.29 is 18.0 Å². The molecule has 0 aliphatic carbocycles. The maximum Gasteiger partial charge on any atom is 0.264 e. The minimum absolute atomic E-state index is 0.00220. The van der Waals surface area contributed by atoms with Crippen molar-refractivity contribution in [2.75, 3.05) is 17.8 Å². The van der Waals surface area contributed by atoms with Crippen LogP contribution in [0.4, 0.5) is 5.69 Å². The van der Waals surface area contributed by atoms with Crippen LogP contribution in [0.15, 0.2) is 29.2 Å². The summed E-state index contributed by atoms with van der Waals surface area (Å²) in [5, 5.41) is 0. The summed E-state index contributed by atoms with van der Waals surface area (Å²) in [6.45, 7) is 6.14. The van der Waals surface area contributed by atoms with Crippen LogP contribution in [0.2, 0.25) is 0 Å². The Bertz CT molecular complexity index is 1050. The van der Waals surface area contributed by atoms with Crippen LogP contribution in [-0.4, -0.2) is 42.7 Å². The molecule has 1 fully saturated rings. The molecule has 0 spiro atoms. The maximum absolute atomic E-state index is 13.2. The quantitative estimate of drug-likeness (QED) is 0.778. The normalized spacial score (nSPS) is 14.4. The van der Waals surface area contributed by atoms with Crippen LogP contribution < -0.4 is 4.72 Å². The number of benzene rings is 1. The van der Waals surface area contributed by atoms with Crippen LogP contribution in [-0.2, 0) is 17.1 Å². The van der Waals surface area contributed by atoms with Crippen molar-refractivity contribution >= 4 is 27.4 Å². The number of rotatable bonds is 5. The number of carbonyl (C=O) groups excluding carboxylic acids is 2. The van der Waals surface area contributed by atoms with Gasteiger partial charge >= 0.3 is 0 Å². The smallest absolute Gasteiger partial charge is 0.264 e. The lowest BCUT2D eigenvalue weighted by molar-refractivity contribution is 0.0788. The standard InChI is InChI=1S/C20H25N3O4S/c1-13-18(20(25)23-10-5-6-11-23)19(14(2)22(13)4)28(26,27)21-17-9-7-8-16(12-17)15(3)24/h7-9,12,21H,5-6,10-11H2,1-4H3. The third-order valence-corrected chi connectivity index (χ3v) is 6.86. The van der Waals surface area contributed by atoms with Crippen LogP contribution in [0, 0.1) is 13.8 Å². The van der Waals surface area contributed by atoms with E-state index in [0.29, 0.717) is 30.0 Å². The molecule has 1 saturated heterocycles. The average molecular weight is 404 g/mol. The molecule has 1 aromatic carbocycles. The van der Waals surface area contributed by atoms with E-state index in [1.54, 1.807) is 48.6 Å². The number of ketones is 1. The number of hydrogen-bond donors (Lipinski definition) is 1. The monoisotopic (exact) mass is 403 g/mol. The number of amides is 1. The number of anilines is 1. The van der Waals surface area contributed by atoms with Crippen LogP contribution >= 0.6 is 0 Å². The van der Waals surface area contributed by atoms with E-state index in [1.165, 1.54) is 13.0 Å². The minimum atomic E-state index is -4.02. The molecular weight excluding hydrogens is 378 g/mol. The second-order valence-corrected chi connectivity index (χ2v) is 8.80. The number of hydrogen-bond acceptors (Lipinski definition) is 4. The van der Waals surface area contributed by atoms with E-state index in [9.17, 15) is 18.0 Å². The average Bonchev–Trinajstić information content (AvgIpc) is 3.24. The van der Waals surface area contributed by atoms with Crippen LogP contribution in [0.3, 0.4) is 0 Å². The molecule has 0 atom stereocenters. The molecule has 2 aromatic rings. The molecule has 2 heterocycles. The molecule has 1 N–H and O–H groups in total. The van der Waals surface area contributed by atoms with Gasteiger partial charge in [-0.05, 0) is 45.7 Å². The summed E-state index contributed by atoms with van der Waals surface area (Å²) in [5.41, 5.74) is 2.03. The lowest BCUT2D eigenvalue weighted by Gasteiger charge is -2.17. The van der Waals surface area contributed by atoms with Crippen molar-refractivity contribution in [2.24, 2.45) is 7.05 Å². The number of carbonyl (C=O) groups is 2. The zero-order valence-corrected chi connectivity index (χ0v) is 17.4. The summed E-state index contributed by atoms with van der Waals surface area (Å²) in [5.74, 6) is -0.408. The van der Waals surface area contributed by atoms with Gasteiger partial charge in [-0.2, -0.15) is 0 Å². The Morgan fingerprint density at radius 3 is 2.32 bits per heavy atom. The molecule has 8 heteroatoms. The fourth-order valence-electron chi connectivity index (χ4n) is 3.58. The van der Waals surface area contributed by atoms with Gasteiger partial charge < -0.3 is 9.47 Å². The lowest BCUT2D eigenvalue weighted by Crippen LogP contribution is -2.30. The predicted octanol–water partition coefficient (Wildman–Crippen LogP) is 2.88. The number of nitrogens with one attached hydrogen (secondary N) is 1. The summed E-state index contributed by atoms with van der Waals surface area (Å²) >= 11 is 0. The van der Waals surface area contributed by atoms with Gasteiger partial charge in [-0.15, -0.1) is 0 Å². The first-order chi connectivity index (χ1) is 13.1. The number of Topliss-reactive ketones (excluding diaryl/α,β-unsaturated/α-hetero) is 1. The highest BCUT2D eigenvalue weighted by Gasteiger charge is 2.33. The lowest BCUT2D eigenvalue weighted by atomic mass is 10.1. The molecule has 0 unspecified atom stereocenters. The van der Waals surface area contributed by atoms with Crippen LogP contribution in [0.25, 0.3) is 0 Å². The molecule has 1 aliphatic rings. The number of nitrogens with zero attached hydrogens (tertiary/aromatic N) is 2. The molecule has 7 nitrogen and oxygen atoms in total. The van der Waals surface area contributed by atoms with E-state index in [1.807, 2.05) is 0 Å². The zero-order valence-electron chi connectivity index (χ0n) is 16.6. The topological polar surface area (TPSA) is 88.5 Å². The van der Waals surface area contributed by atoms with Gasteiger partial charge in [-0.1, -0.05) is 12.1 Å². The molecule has 28 heavy (non-hydrogen) atoms. The minimum Gasteiger partial charge on any atom is -0.350 e. The molecule has 1 aromatic heterocycles. The number of likely N-dealkylation sites (tertiary alicyclic amines) is 1. The third-order valence-electron chi connectivity index (χ3n) is 5.32. The van der Waals surface area contributed by atoms with Gasteiger partial charge in [0.05, 0.1) is 5.56 Å². The van der Waals surface area contributed by atoms with Crippen molar-refractivity contribution in [1.82, 2.24) is 9.47 Å². The molecule has 0 bridgehead atoms. The molecule has 150 valence electrons. The van der Waals surface area contributed by atoms with Gasteiger partial charge in [-0.25, -0.2) is 8.42 Å². The Balaban J connectivity index is 2.06. The van der Waals surface area contributed by atoms with Crippen molar-refractivity contribution in [1.29, 1.82) is 0 Å². The van der Waals surface area contributed by atoms with Crippen molar-refractivity contribution in [3.63, 3.8) is 0 Å². The third kappa shape index (κ3) is 3.56. The zero-order chi connectivity index (χ0) is 20.6. The first-order valence-electron chi connectivity index (χ1n) is 9.22. The summed E-state index contributed by atoms with van der Waals surface area (Å²) in [4.78, 5) is 26.4. The summed E-state index contributed by atoms with van der Waals surface area (Å²) in [6.07, 6.45) is 1.85. The van der Waals surface area contributed by atoms with E-state index in [4.69, 9.17) is 0 Å². The molecular formula is C20H25N3O4S. The first kappa shape index (κ1) is 20.1. The second-order valence-electron chi connectivity index (χ2n) is 7.18. The highest BCUT2D eigenvalue weighted by atomic mass is 32.2. The van der Waals surface area contributed by atoms with E-state index in [2.05, 4.69) is 4.72 Å². The fourth-order valence-corrected chi connectivity index (χ4v) is 5.15. The van der Waals surface area contributed by atoms with Gasteiger partial charge in [0, 0.05) is 42.8 Å². The van der Waals surface area contributed by atoms with Gasteiger partial charge in [0.1, 0.15) is 4.90 Å². The summed E-state index contributed by atoms with van der Waals surface area (Å²) in [7, 11) is -2.27. The van der Waals surface area contributed by atoms with Crippen molar-refractivity contribution in [2.45, 2.75) is 38.5 Å². The second kappa shape index (κ2) is 7.43. The van der Waals surface area contributed by atoms with E-state index < -0.39 is 10.0 Å². The molecule has 0 saturated carbocycles.